The highest BCUT2D eigenvalue weighted by molar-refractivity contribution is 7.84. The van der Waals surface area contributed by atoms with Crippen molar-refractivity contribution in [2.45, 2.75) is 44.9 Å². The molecular formula is C19H25NO4S. The van der Waals surface area contributed by atoms with Gasteiger partial charge in [0.25, 0.3) is 0 Å². The van der Waals surface area contributed by atoms with E-state index in [9.17, 15) is 8.42 Å². The Kier molecular flexibility index (Phi) is 3.88. The van der Waals surface area contributed by atoms with Crippen molar-refractivity contribution in [2.75, 3.05) is 7.11 Å². The molecule has 0 bridgehead atoms. The van der Waals surface area contributed by atoms with Gasteiger partial charge >= 0.3 is 10.3 Å². The molecule has 0 heterocycles. The fourth-order valence-electron chi connectivity index (χ4n) is 5.41. The molecule has 3 unspecified atom stereocenters. The Morgan fingerprint density at radius 1 is 1.24 bits per heavy atom. The summed E-state index contributed by atoms with van der Waals surface area (Å²) in [5, 5.41) is 5.03. The molecule has 25 heavy (non-hydrogen) atoms. The van der Waals surface area contributed by atoms with Crippen molar-refractivity contribution in [3.8, 4) is 11.5 Å². The third-order valence-electron chi connectivity index (χ3n) is 6.54. The van der Waals surface area contributed by atoms with Crippen molar-refractivity contribution < 1.29 is 17.3 Å². The van der Waals surface area contributed by atoms with Crippen LogP contribution < -0.4 is 14.1 Å². The van der Waals surface area contributed by atoms with E-state index in [1.807, 2.05) is 6.07 Å². The lowest BCUT2D eigenvalue weighted by Gasteiger charge is -2.49. The summed E-state index contributed by atoms with van der Waals surface area (Å²) in [5.74, 6) is 2.53. The lowest BCUT2D eigenvalue weighted by atomic mass is 9.56. The van der Waals surface area contributed by atoms with E-state index in [0.29, 0.717) is 28.9 Å². The molecule has 0 radical (unpaired) electrons. The van der Waals surface area contributed by atoms with Crippen LogP contribution >= 0.6 is 0 Å². The van der Waals surface area contributed by atoms with E-state index < -0.39 is 10.3 Å². The summed E-state index contributed by atoms with van der Waals surface area (Å²) < 4.78 is 32.9. The zero-order valence-electron chi connectivity index (χ0n) is 14.7. The Labute approximate surface area is 149 Å². The highest BCUT2D eigenvalue weighted by Gasteiger charge is 2.48. The summed E-state index contributed by atoms with van der Waals surface area (Å²) >= 11 is 0. The van der Waals surface area contributed by atoms with Gasteiger partial charge in [-0.05, 0) is 78.5 Å². The molecule has 5 nitrogen and oxygen atoms in total. The molecular weight excluding hydrogens is 338 g/mol. The van der Waals surface area contributed by atoms with Gasteiger partial charge in [0.2, 0.25) is 0 Å². The first kappa shape index (κ1) is 16.9. The molecule has 0 aliphatic heterocycles. The maximum absolute atomic E-state index is 11.3. The van der Waals surface area contributed by atoms with Crippen LogP contribution in [0.2, 0.25) is 0 Å². The number of fused-ring (bicyclic) bond motifs is 5. The summed E-state index contributed by atoms with van der Waals surface area (Å²) in [6, 6.07) is 3.77. The van der Waals surface area contributed by atoms with Gasteiger partial charge in [0.1, 0.15) is 0 Å². The standard InChI is InChI=1S/C19H25NO4S/c1-19-8-3-4-16(19)14-6-5-12-10-18(24-25(20,21)22)17(23-2)11-15(12)13(14)7-9-19/h3,8,10-11,13-14,16H,4-7,9H2,1-2H3,(H2,20,21,22)/t13?,14?,16?,19-/m0/s1. The summed E-state index contributed by atoms with van der Waals surface area (Å²) in [7, 11) is -2.54. The first-order chi connectivity index (χ1) is 11.8. The smallest absolute Gasteiger partial charge is 0.380 e. The van der Waals surface area contributed by atoms with Crippen molar-refractivity contribution in [3.63, 3.8) is 0 Å². The number of nitrogens with two attached hydrogens (primary N) is 1. The number of benzene rings is 1. The molecule has 136 valence electrons. The molecule has 1 saturated carbocycles. The Morgan fingerprint density at radius 3 is 2.76 bits per heavy atom. The van der Waals surface area contributed by atoms with Crippen LogP contribution in [0, 0.1) is 17.3 Å². The van der Waals surface area contributed by atoms with E-state index in [1.165, 1.54) is 25.5 Å². The lowest BCUT2D eigenvalue weighted by molar-refractivity contribution is 0.0825. The molecule has 2 N–H and O–H groups in total. The molecule has 4 rings (SSSR count). The number of hydrogen-bond acceptors (Lipinski definition) is 4. The lowest BCUT2D eigenvalue weighted by Crippen LogP contribution is -2.39. The summed E-state index contributed by atoms with van der Waals surface area (Å²) in [5.41, 5.74) is 2.80. The van der Waals surface area contributed by atoms with Gasteiger partial charge in [0.05, 0.1) is 7.11 Å². The van der Waals surface area contributed by atoms with Crippen LogP contribution in [0.15, 0.2) is 24.3 Å². The first-order valence-electron chi connectivity index (χ1n) is 8.91. The van der Waals surface area contributed by atoms with Crippen LogP contribution in [0.5, 0.6) is 11.5 Å². The fraction of sp³-hybridized carbons (Fsp3) is 0.579. The minimum Gasteiger partial charge on any atom is -0.493 e. The van der Waals surface area contributed by atoms with E-state index in [-0.39, 0.29) is 5.75 Å². The van der Waals surface area contributed by atoms with Crippen molar-refractivity contribution in [1.29, 1.82) is 0 Å². The second kappa shape index (κ2) is 5.74. The molecule has 6 heteroatoms. The van der Waals surface area contributed by atoms with Crippen molar-refractivity contribution >= 4 is 10.3 Å². The minimum absolute atomic E-state index is 0.186. The van der Waals surface area contributed by atoms with Gasteiger partial charge in [0.15, 0.2) is 11.5 Å². The Morgan fingerprint density at radius 2 is 2.04 bits per heavy atom. The van der Waals surface area contributed by atoms with Crippen LogP contribution in [0.4, 0.5) is 0 Å². The highest BCUT2D eigenvalue weighted by atomic mass is 32.2. The predicted octanol–water partition coefficient (Wildman–Crippen LogP) is 3.30. The largest absolute Gasteiger partial charge is 0.493 e. The van der Waals surface area contributed by atoms with Crippen molar-refractivity contribution in [1.82, 2.24) is 0 Å². The summed E-state index contributed by atoms with van der Waals surface area (Å²) in [6.45, 7) is 2.40. The van der Waals surface area contributed by atoms with Gasteiger partial charge in [-0.25, -0.2) is 0 Å². The Hall–Kier alpha value is -1.53. The molecule has 0 aromatic heterocycles. The maximum Gasteiger partial charge on any atom is 0.380 e. The topological polar surface area (TPSA) is 78.6 Å². The number of rotatable bonds is 3. The van der Waals surface area contributed by atoms with Gasteiger partial charge in [0, 0.05) is 0 Å². The molecule has 0 saturated heterocycles. The third kappa shape index (κ3) is 2.85. The SMILES string of the molecule is COc1cc2c(cc1OS(N)(=O)=O)CCC1C2CC[C@]2(C)C=CCC12. The van der Waals surface area contributed by atoms with Crippen molar-refractivity contribution in [3.05, 3.63) is 35.4 Å². The van der Waals surface area contributed by atoms with Gasteiger partial charge in [-0.15, -0.1) is 0 Å². The van der Waals surface area contributed by atoms with E-state index >= 15 is 0 Å². The zero-order chi connectivity index (χ0) is 17.8. The predicted molar refractivity (Wildman–Crippen MR) is 95.9 cm³/mol. The van der Waals surface area contributed by atoms with E-state index in [0.717, 1.165) is 24.8 Å². The number of ether oxygens (including phenoxy) is 1. The molecule has 4 atom stereocenters. The molecule has 1 aromatic rings. The van der Waals surface area contributed by atoms with Gasteiger partial charge < -0.3 is 8.92 Å². The van der Waals surface area contributed by atoms with Crippen LogP contribution in [0.1, 0.15) is 49.7 Å². The average molecular weight is 363 g/mol. The molecule has 3 aliphatic carbocycles. The van der Waals surface area contributed by atoms with Crippen molar-refractivity contribution in [2.24, 2.45) is 22.4 Å². The summed E-state index contributed by atoms with van der Waals surface area (Å²) in [6.07, 6.45) is 10.4. The van der Waals surface area contributed by atoms with Gasteiger partial charge in [-0.1, -0.05) is 19.1 Å². The van der Waals surface area contributed by atoms with E-state index in [1.54, 1.807) is 6.07 Å². The number of methoxy groups -OCH3 is 1. The number of allylic oxidation sites excluding steroid dienone is 2. The number of hydrogen-bond donors (Lipinski definition) is 1. The summed E-state index contributed by atoms with van der Waals surface area (Å²) in [4.78, 5) is 0. The van der Waals surface area contributed by atoms with E-state index in [2.05, 4.69) is 19.1 Å². The second-order valence-electron chi connectivity index (χ2n) is 7.88. The Bertz CT molecular complexity index is 832. The van der Waals surface area contributed by atoms with Crippen LogP contribution in [-0.4, -0.2) is 15.5 Å². The molecule has 1 fully saturated rings. The van der Waals surface area contributed by atoms with Crippen LogP contribution in [0.3, 0.4) is 0 Å². The maximum atomic E-state index is 11.3. The molecule has 0 spiro atoms. The van der Waals surface area contributed by atoms with E-state index in [4.69, 9.17) is 14.1 Å². The molecule has 0 amide bonds. The second-order valence-corrected chi connectivity index (χ2v) is 9.03. The highest BCUT2D eigenvalue weighted by Crippen LogP contribution is 2.59. The quantitative estimate of drug-likeness (QED) is 0.836. The van der Waals surface area contributed by atoms with Crippen LogP contribution in [-0.2, 0) is 16.7 Å². The minimum atomic E-state index is -4.07. The first-order valence-corrected chi connectivity index (χ1v) is 10.4. The fourth-order valence-corrected chi connectivity index (χ4v) is 5.79. The number of aryl methyl sites for hydroxylation is 1. The molecule has 3 aliphatic rings. The van der Waals surface area contributed by atoms with Gasteiger partial charge in [-0.3, -0.25) is 0 Å². The average Bonchev–Trinajstić information content (AvgIpc) is 2.94. The third-order valence-corrected chi connectivity index (χ3v) is 6.95. The normalized spacial score (nSPS) is 33.3. The monoisotopic (exact) mass is 363 g/mol. The van der Waals surface area contributed by atoms with Crippen LogP contribution in [0.25, 0.3) is 0 Å². The zero-order valence-corrected chi connectivity index (χ0v) is 15.5. The van der Waals surface area contributed by atoms with Gasteiger partial charge in [-0.2, -0.15) is 13.6 Å². The molecule has 1 aromatic carbocycles. The Balaban J connectivity index is 1.71.